The molecule has 5 nitrogen and oxygen atoms in total. The highest BCUT2D eigenvalue weighted by molar-refractivity contribution is 5.95. The van der Waals surface area contributed by atoms with Crippen LogP contribution in [0.5, 0.6) is 0 Å². The summed E-state index contributed by atoms with van der Waals surface area (Å²) in [6, 6.07) is 2.54. The molecule has 6 heteroatoms. The summed E-state index contributed by atoms with van der Waals surface area (Å²) in [5.74, 6) is -2.90. The third kappa shape index (κ3) is 3.07. The van der Waals surface area contributed by atoms with Gasteiger partial charge in [0, 0.05) is 0 Å². The first-order valence-corrected chi connectivity index (χ1v) is 6.12. The van der Waals surface area contributed by atoms with Gasteiger partial charge in [-0.1, -0.05) is 6.92 Å². The van der Waals surface area contributed by atoms with Crippen LogP contribution in [0.1, 0.15) is 19.8 Å². The fourth-order valence-corrected chi connectivity index (χ4v) is 2.54. The third-order valence-corrected chi connectivity index (χ3v) is 3.45. The molecule has 0 saturated heterocycles. The van der Waals surface area contributed by atoms with Gasteiger partial charge in [-0.2, -0.15) is 4.39 Å². The molecule has 1 fully saturated rings. The second-order valence-electron chi connectivity index (χ2n) is 4.99. The Hall–Kier alpha value is -1.98. The van der Waals surface area contributed by atoms with Crippen molar-refractivity contribution in [3.63, 3.8) is 0 Å². The van der Waals surface area contributed by atoms with Crippen LogP contribution in [-0.4, -0.2) is 22.0 Å². The number of anilines is 1. The highest BCUT2D eigenvalue weighted by Crippen LogP contribution is 2.37. The fraction of sp³-hybridized carbons (Fsp3) is 0.462. The van der Waals surface area contributed by atoms with Crippen LogP contribution in [0.2, 0.25) is 0 Å². The molecule has 2 N–H and O–H groups in total. The molecule has 0 radical (unpaired) electrons. The van der Waals surface area contributed by atoms with Gasteiger partial charge in [-0.05, 0) is 30.9 Å². The lowest BCUT2D eigenvalue weighted by atomic mass is 9.95. The first-order chi connectivity index (χ1) is 8.97. The average molecular weight is 266 g/mol. The number of hydrogen-bond donors (Lipinski definition) is 2. The number of nitrogens with zero attached hydrogens (tertiary/aromatic N) is 1. The lowest BCUT2D eigenvalue weighted by molar-refractivity contribution is -0.145. The summed E-state index contributed by atoms with van der Waals surface area (Å²) in [5.41, 5.74) is 0.370. The number of amides is 1. The molecule has 0 spiro atoms. The first-order valence-electron chi connectivity index (χ1n) is 6.12. The van der Waals surface area contributed by atoms with Crippen LogP contribution in [-0.2, 0) is 9.59 Å². The van der Waals surface area contributed by atoms with Crippen LogP contribution in [0, 0.1) is 23.7 Å². The van der Waals surface area contributed by atoms with Crippen LogP contribution in [0.25, 0.3) is 0 Å². The summed E-state index contributed by atoms with van der Waals surface area (Å²) in [7, 11) is 0. The predicted octanol–water partition coefficient (Wildman–Crippen LogP) is 1.91. The Balaban J connectivity index is 2.06. The second-order valence-corrected chi connectivity index (χ2v) is 4.99. The molecular weight excluding hydrogens is 251 g/mol. The zero-order valence-corrected chi connectivity index (χ0v) is 10.5. The number of rotatable bonds is 3. The molecule has 1 aliphatic rings. The SMILES string of the molecule is CC1C[C@H](C(=O)Nc2ccc(F)nc2)[C@H](C(=O)O)C1. The lowest BCUT2D eigenvalue weighted by Gasteiger charge is -2.15. The molecule has 0 aliphatic heterocycles. The smallest absolute Gasteiger partial charge is 0.307 e. The Morgan fingerprint density at radius 3 is 2.63 bits per heavy atom. The molecule has 1 aromatic heterocycles. The van der Waals surface area contributed by atoms with Gasteiger partial charge in [0.15, 0.2) is 0 Å². The van der Waals surface area contributed by atoms with Crippen LogP contribution < -0.4 is 5.32 Å². The van der Waals surface area contributed by atoms with Gasteiger partial charge < -0.3 is 10.4 Å². The Labute approximate surface area is 109 Å². The van der Waals surface area contributed by atoms with Crippen LogP contribution in [0.4, 0.5) is 10.1 Å². The summed E-state index contributed by atoms with van der Waals surface area (Å²) in [6.07, 6.45) is 2.27. The summed E-state index contributed by atoms with van der Waals surface area (Å²) in [6.45, 7) is 1.93. The summed E-state index contributed by atoms with van der Waals surface area (Å²) >= 11 is 0. The van der Waals surface area contributed by atoms with Crippen molar-refractivity contribution in [2.45, 2.75) is 19.8 Å². The number of hydrogen-bond acceptors (Lipinski definition) is 3. The van der Waals surface area contributed by atoms with Gasteiger partial charge in [0.1, 0.15) is 0 Å². The normalized spacial score (nSPS) is 26.1. The van der Waals surface area contributed by atoms with Crippen molar-refractivity contribution < 1.29 is 19.1 Å². The molecule has 0 bridgehead atoms. The van der Waals surface area contributed by atoms with Crippen LogP contribution >= 0.6 is 0 Å². The number of aromatic nitrogens is 1. The molecular formula is C13H15FN2O3. The van der Waals surface area contributed by atoms with E-state index in [0.717, 1.165) is 6.07 Å². The van der Waals surface area contributed by atoms with Gasteiger partial charge in [0.05, 0.1) is 23.7 Å². The molecule has 0 aromatic carbocycles. The van der Waals surface area contributed by atoms with Crippen LogP contribution in [0.15, 0.2) is 18.3 Å². The minimum absolute atomic E-state index is 0.211. The van der Waals surface area contributed by atoms with E-state index in [2.05, 4.69) is 10.3 Å². The van der Waals surface area contributed by atoms with Crippen molar-refractivity contribution in [1.29, 1.82) is 0 Å². The van der Waals surface area contributed by atoms with Gasteiger partial charge in [-0.15, -0.1) is 0 Å². The zero-order chi connectivity index (χ0) is 14.0. The largest absolute Gasteiger partial charge is 0.481 e. The third-order valence-electron chi connectivity index (χ3n) is 3.45. The van der Waals surface area contributed by atoms with E-state index < -0.39 is 23.8 Å². The first kappa shape index (κ1) is 13.5. The van der Waals surface area contributed by atoms with Crippen molar-refractivity contribution in [3.8, 4) is 0 Å². The fourth-order valence-electron chi connectivity index (χ4n) is 2.54. The van der Waals surface area contributed by atoms with Crippen molar-refractivity contribution in [2.75, 3.05) is 5.32 Å². The Morgan fingerprint density at radius 2 is 2.05 bits per heavy atom. The van der Waals surface area contributed by atoms with Crippen molar-refractivity contribution in [1.82, 2.24) is 4.98 Å². The molecule has 1 unspecified atom stereocenters. The molecule has 3 atom stereocenters. The van der Waals surface area contributed by atoms with Crippen LogP contribution in [0.3, 0.4) is 0 Å². The van der Waals surface area contributed by atoms with E-state index in [1.165, 1.54) is 12.3 Å². The number of carbonyl (C=O) groups is 2. The van der Waals surface area contributed by atoms with E-state index in [-0.39, 0.29) is 11.8 Å². The van der Waals surface area contributed by atoms with Gasteiger partial charge >= 0.3 is 5.97 Å². The van der Waals surface area contributed by atoms with Gasteiger partial charge in [-0.3, -0.25) is 9.59 Å². The molecule has 1 heterocycles. The standard InChI is InChI=1S/C13H15FN2O3/c1-7-4-9(10(5-7)13(18)19)12(17)16-8-2-3-11(14)15-6-8/h2-3,6-7,9-10H,4-5H2,1H3,(H,16,17)(H,18,19)/t7?,9-,10+/m0/s1. The number of aliphatic carboxylic acids is 1. The maximum atomic E-state index is 12.6. The monoisotopic (exact) mass is 266 g/mol. The number of halogens is 1. The quantitative estimate of drug-likeness (QED) is 0.819. The molecule has 1 aliphatic carbocycles. The lowest BCUT2D eigenvalue weighted by Crippen LogP contribution is -2.30. The Kier molecular flexibility index (Phi) is 3.78. The number of carboxylic acids is 1. The van der Waals surface area contributed by atoms with Crippen molar-refractivity contribution in [2.24, 2.45) is 17.8 Å². The average Bonchev–Trinajstić information content (AvgIpc) is 2.74. The van der Waals surface area contributed by atoms with Gasteiger partial charge in [0.25, 0.3) is 0 Å². The Bertz CT molecular complexity index is 489. The highest BCUT2D eigenvalue weighted by atomic mass is 19.1. The highest BCUT2D eigenvalue weighted by Gasteiger charge is 2.41. The number of carboxylic acid groups (broad SMARTS) is 1. The molecule has 1 aromatic rings. The summed E-state index contributed by atoms with van der Waals surface area (Å²) < 4.78 is 12.6. The number of carbonyl (C=O) groups excluding carboxylic acids is 1. The maximum Gasteiger partial charge on any atom is 0.307 e. The van der Waals surface area contributed by atoms with Gasteiger partial charge in [-0.25, -0.2) is 4.98 Å². The predicted molar refractivity (Wildman–Crippen MR) is 65.8 cm³/mol. The Morgan fingerprint density at radius 1 is 1.37 bits per heavy atom. The minimum atomic E-state index is -0.943. The van der Waals surface area contributed by atoms with E-state index >= 15 is 0 Å². The van der Waals surface area contributed by atoms with E-state index in [1.54, 1.807) is 0 Å². The maximum absolute atomic E-state index is 12.6. The molecule has 102 valence electrons. The van der Waals surface area contributed by atoms with E-state index in [0.29, 0.717) is 18.5 Å². The van der Waals surface area contributed by atoms with Crippen molar-refractivity contribution >= 4 is 17.6 Å². The molecule has 2 rings (SSSR count). The van der Waals surface area contributed by atoms with E-state index in [4.69, 9.17) is 5.11 Å². The molecule has 1 saturated carbocycles. The number of pyridine rings is 1. The van der Waals surface area contributed by atoms with Gasteiger partial charge in [0.2, 0.25) is 11.9 Å². The van der Waals surface area contributed by atoms with Crippen molar-refractivity contribution in [3.05, 3.63) is 24.3 Å². The van der Waals surface area contributed by atoms with E-state index in [9.17, 15) is 14.0 Å². The minimum Gasteiger partial charge on any atom is -0.481 e. The zero-order valence-electron chi connectivity index (χ0n) is 10.5. The number of nitrogens with one attached hydrogen (secondary N) is 1. The van der Waals surface area contributed by atoms with E-state index in [1.807, 2.05) is 6.92 Å². The molecule has 1 amide bonds. The summed E-state index contributed by atoms with van der Waals surface area (Å²) in [5, 5.41) is 11.7. The topological polar surface area (TPSA) is 79.3 Å². The second kappa shape index (κ2) is 5.34. The molecule has 19 heavy (non-hydrogen) atoms. The summed E-state index contributed by atoms with van der Waals surface area (Å²) in [4.78, 5) is 26.6.